The van der Waals surface area contributed by atoms with E-state index in [1.807, 2.05) is 32.9 Å². The molecule has 0 saturated heterocycles. The second kappa shape index (κ2) is 4.23. The molecule has 0 aliphatic heterocycles. The Morgan fingerprint density at radius 1 is 1.46 bits per heavy atom. The summed E-state index contributed by atoms with van der Waals surface area (Å²) in [6.07, 6.45) is 0.163. The lowest BCUT2D eigenvalue weighted by molar-refractivity contribution is 0.232. The van der Waals surface area contributed by atoms with Gasteiger partial charge in [0.05, 0.1) is 6.10 Å². The van der Waals surface area contributed by atoms with Crippen LogP contribution in [0.15, 0.2) is 12.1 Å². The van der Waals surface area contributed by atoms with E-state index in [1.165, 1.54) is 0 Å². The molecule has 1 heterocycles. The van der Waals surface area contributed by atoms with Gasteiger partial charge in [-0.3, -0.25) is 0 Å². The topological polar surface area (TPSA) is 48.1 Å². The number of aromatic nitrogens is 1. The Labute approximate surface area is 78.9 Å². The van der Waals surface area contributed by atoms with Crippen LogP contribution < -0.4 is 10.5 Å². The molecule has 1 rings (SSSR count). The lowest BCUT2D eigenvalue weighted by Crippen LogP contribution is -2.08. The van der Waals surface area contributed by atoms with E-state index < -0.39 is 0 Å². The van der Waals surface area contributed by atoms with Crippen LogP contribution in [0.25, 0.3) is 0 Å². The van der Waals surface area contributed by atoms with Crippen molar-refractivity contribution in [2.24, 2.45) is 5.73 Å². The Morgan fingerprint density at radius 3 is 2.62 bits per heavy atom. The number of nitrogens with zero attached hydrogens (tertiary/aromatic N) is 1. The van der Waals surface area contributed by atoms with Crippen molar-refractivity contribution < 1.29 is 4.74 Å². The average molecular weight is 180 g/mol. The molecular formula is C10H16N2O. The zero-order valence-corrected chi connectivity index (χ0v) is 8.37. The van der Waals surface area contributed by atoms with E-state index in [0.29, 0.717) is 12.4 Å². The van der Waals surface area contributed by atoms with Crippen molar-refractivity contribution in [2.45, 2.75) is 33.4 Å². The Balaban J connectivity index is 2.83. The van der Waals surface area contributed by atoms with Crippen molar-refractivity contribution >= 4 is 0 Å². The third-order valence-electron chi connectivity index (χ3n) is 1.75. The molecule has 13 heavy (non-hydrogen) atoms. The average Bonchev–Trinajstić information content (AvgIpc) is 2.03. The van der Waals surface area contributed by atoms with Gasteiger partial charge in [-0.25, -0.2) is 4.98 Å². The fourth-order valence-corrected chi connectivity index (χ4v) is 1.09. The molecule has 0 atom stereocenters. The summed E-state index contributed by atoms with van der Waals surface area (Å²) in [5.74, 6) is 0.671. The third kappa shape index (κ3) is 2.70. The summed E-state index contributed by atoms with van der Waals surface area (Å²) in [7, 11) is 0. The Kier molecular flexibility index (Phi) is 3.25. The maximum atomic E-state index is 5.52. The molecule has 0 fully saturated rings. The third-order valence-corrected chi connectivity index (χ3v) is 1.75. The van der Waals surface area contributed by atoms with E-state index in [1.54, 1.807) is 0 Å². The fourth-order valence-electron chi connectivity index (χ4n) is 1.09. The van der Waals surface area contributed by atoms with E-state index in [2.05, 4.69) is 4.98 Å². The molecule has 72 valence electrons. The van der Waals surface area contributed by atoms with Crippen LogP contribution >= 0.6 is 0 Å². The van der Waals surface area contributed by atoms with Gasteiger partial charge < -0.3 is 10.5 Å². The molecule has 3 heteroatoms. The number of hydrogen-bond acceptors (Lipinski definition) is 3. The fraction of sp³-hybridized carbons (Fsp3) is 0.500. The summed E-state index contributed by atoms with van der Waals surface area (Å²) in [4.78, 5) is 4.28. The minimum absolute atomic E-state index is 0.163. The molecule has 0 radical (unpaired) electrons. The normalized spacial score (nSPS) is 10.5. The van der Waals surface area contributed by atoms with E-state index >= 15 is 0 Å². The van der Waals surface area contributed by atoms with Crippen molar-refractivity contribution in [1.29, 1.82) is 0 Å². The van der Waals surface area contributed by atoms with Gasteiger partial charge >= 0.3 is 0 Å². The van der Waals surface area contributed by atoms with Gasteiger partial charge in [0, 0.05) is 18.3 Å². The predicted octanol–water partition coefficient (Wildman–Crippen LogP) is 1.64. The number of pyridine rings is 1. The van der Waals surface area contributed by atoms with E-state index in [-0.39, 0.29) is 6.10 Å². The number of aryl methyl sites for hydroxylation is 1. The van der Waals surface area contributed by atoms with Crippen LogP contribution in [0.1, 0.15) is 25.1 Å². The van der Waals surface area contributed by atoms with E-state index in [0.717, 1.165) is 11.3 Å². The minimum Gasteiger partial charge on any atom is -0.475 e. The van der Waals surface area contributed by atoms with Crippen molar-refractivity contribution in [3.05, 3.63) is 23.4 Å². The molecule has 0 aromatic carbocycles. The van der Waals surface area contributed by atoms with Gasteiger partial charge in [-0.15, -0.1) is 0 Å². The molecular weight excluding hydrogens is 164 g/mol. The second-order valence-electron chi connectivity index (χ2n) is 3.26. The Morgan fingerprint density at radius 2 is 2.15 bits per heavy atom. The lowest BCUT2D eigenvalue weighted by Gasteiger charge is -2.10. The molecule has 0 aliphatic rings. The number of rotatable bonds is 3. The molecule has 1 aromatic rings. The largest absolute Gasteiger partial charge is 0.475 e. The van der Waals surface area contributed by atoms with Crippen LogP contribution in [-0.2, 0) is 6.54 Å². The monoisotopic (exact) mass is 180 g/mol. The number of ether oxygens (including phenoxy) is 1. The molecule has 0 saturated carbocycles. The first-order valence-electron chi connectivity index (χ1n) is 4.46. The molecule has 0 aliphatic carbocycles. The highest BCUT2D eigenvalue weighted by molar-refractivity contribution is 5.24. The highest BCUT2D eigenvalue weighted by Crippen LogP contribution is 2.12. The standard InChI is InChI=1S/C10H16N2O/c1-7(2)13-10-5-4-9(6-11)8(3)12-10/h4-5,7H,6,11H2,1-3H3. The van der Waals surface area contributed by atoms with Gasteiger partial charge in [0.2, 0.25) is 5.88 Å². The molecule has 3 nitrogen and oxygen atoms in total. The van der Waals surface area contributed by atoms with Gasteiger partial charge in [0.15, 0.2) is 0 Å². The predicted molar refractivity (Wildman–Crippen MR) is 52.6 cm³/mol. The molecule has 0 bridgehead atoms. The Hall–Kier alpha value is -1.09. The quantitative estimate of drug-likeness (QED) is 0.769. The smallest absolute Gasteiger partial charge is 0.213 e. The van der Waals surface area contributed by atoms with Crippen LogP contribution in [0, 0.1) is 6.92 Å². The lowest BCUT2D eigenvalue weighted by atomic mass is 10.2. The highest BCUT2D eigenvalue weighted by atomic mass is 16.5. The zero-order chi connectivity index (χ0) is 9.84. The number of nitrogens with two attached hydrogens (primary N) is 1. The first kappa shape index (κ1) is 9.99. The van der Waals surface area contributed by atoms with Gasteiger partial charge in [-0.2, -0.15) is 0 Å². The minimum atomic E-state index is 0.163. The van der Waals surface area contributed by atoms with Crippen molar-refractivity contribution in [2.75, 3.05) is 0 Å². The summed E-state index contributed by atoms with van der Waals surface area (Å²) >= 11 is 0. The highest BCUT2D eigenvalue weighted by Gasteiger charge is 2.02. The second-order valence-corrected chi connectivity index (χ2v) is 3.26. The van der Waals surface area contributed by atoms with Crippen molar-refractivity contribution in [3.8, 4) is 5.88 Å². The van der Waals surface area contributed by atoms with Crippen LogP contribution in [0.4, 0.5) is 0 Å². The van der Waals surface area contributed by atoms with Crippen LogP contribution in [-0.4, -0.2) is 11.1 Å². The summed E-state index contributed by atoms with van der Waals surface area (Å²) in [5.41, 5.74) is 7.53. The van der Waals surface area contributed by atoms with Gasteiger partial charge in [0.1, 0.15) is 0 Å². The SMILES string of the molecule is Cc1nc(OC(C)C)ccc1CN. The summed E-state index contributed by atoms with van der Waals surface area (Å²) < 4.78 is 5.44. The summed E-state index contributed by atoms with van der Waals surface area (Å²) in [5, 5.41) is 0. The van der Waals surface area contributed by atoms with Crippen LogP contribution in [0.2, 0.25) is 0 Å². The first-order valence-corrected chi connectivity index (χ1v) is 4.46. The zero-order valence-electron chi connectivity index (χ0n) is 8.37. The van der Waals surface area contributed by atoms with Crippen LogP contribution in [0.5, 0.6) is 5.88 Å². The molecule has 0 amide bonds. The molecule has 0 spiro atoms. The van der Waals surface area contributed by atoms with Gasteiger partial charge in [-0.05, 0) is 26.3 Å². The van der Waals surface area contributed by atoms with Crippen LogP contribution in [0.3, 0.4) is 0 Å². The maximum Gasteiger partial charge on any atom is 0.213 e. The summed E-state index contributed by atoms with van der Waals surface area (Å²) in [6, 6.07) is 3.81. The number of hydrogen-bond donors (Lipinski definition) is 1. The molecule has 2 N–H and O–H groups in total. The first-order chi connectivity index (χ1) is 6.13. The summed E-state index contributed by atoms with van der Waals surface area (Å²) in [6.45, 7) is 6.43. The molecule has 1 aromatic heterocycles. The van der Waals surface area contributed by atoms with Crippen molar-refractivity contribution in [1.82, 2.24) is 4.98 Å². The van der Waals surface area contributed by atoms with Gasteiger partial charge in [0.25, 0.3) is 0 Å². The van der Waals surface area contributed by atoms with E-state index in [9.17, 15) is 0 Å². The maximum absolute atomic E-state index is 5.52. The molecule has 0 unspecified atom stereocenters. The van der Waals surface area contributed by atoms with Crippen molar-refractivity contribution in [3.63, 3.8) is 0 Å². The van der Waals surface area contributed by atoms with E-state index in [4.69, 9.17) is 10.5 Å². The van der Waals surface area contributed by atoms with Gasteiger partial charge in [-0.1, -0.05) is 6.07 Å². The Bertz CT molecular complexity index is 284.